The molecule has 0 radical (unpaired) electrons. The molecule has 19 rings (SSSR count). The molecule has 14 aromatic rings. The van der Waals surface area contributed by atoms with Gasteiger partial charge in [-0.15, -0.1) is 0 Å². The number of aromatic nitrogens is 15. The average molecular weight is 1410 g/mol. The summed E-state index contributed by atoms with van der Waals surface area (Å²) in [6.45, 7) is 10.1. The number of halogens is 2. The number of nitrogens with zero attached hydrogens (tertiary/aromatic N) is 20. The van der Waals surface area contributed by atoms with Gasteiger partial charge in [0.15, 0.2) is 45.4 Å². The smallest absolute Gasteiger partial charge is 0.490 e. The van der Waals surface area contributed by atoms with Crippen LogP contribution in [0.1, 0.15) is 16.7 Å². The Morgan fingerprint density at radius 1 is 0.408 bits per heavy atom. The summed E-state index contributed by atoms with van der Waals surface area (Å²) in [7, 11) is -1.40. The van der Waals surface area contributed by atoms with Gasteiger partial charge in [0, 0.05) is 131 Å². The molecule has 5 aliphatic heterocycles. The predicted octanol–water partition coefficient (Wildman–Crippen LogP) is 9.76. The molecule has 0 saturated carbocycles. The Balaban J connectivity index is 0.000000112. The topological polar surface area (TPSA) is 293 Å². The molecule has 0 spiro atoms. The Bertz CT molecular complexity index is 5210. The number of phenols is 2. The zero-order chi connectivity index (χ0) is 70.2. The van der Waals surface area contributed by atoms with Crippen LogP contribution in [0.2, 0.25) is 10.6 Å². The minimum absolute atomic E-state index is 0.206. The van der Waals surface area contributed by atoms with E-state index in [-0.39, 0.29) is 16.3 Å². The number of phenolic OH excluding ortho intramolecular Hbond substituents is 2. The van der Waals surface area contributed by atoms with Crippen LogP contribution in [0.3, 0.4) is 0 Å². The van der Waals surface area contributed by atoms with Crippen molar-refractivity contribution in [1.29, 1.82) is 0 Å². The van der Waals surface area contributed by atoms with Crippen LogP contribution in [0.25, 0.3) is 44.9 Å². The number of nitrogens with one attached hydrogen (secondary N) is 2. The molecule has 516 valence electrons. The van der Waals surface area contributed by atoms with Crippen LogP contribution in [0.5, 0.6) is 11.5 Å². The highest BCUT2D eigenvalue weighted by molar-refractivity contribution is 6.58. The van der Waals surface area contributed by atoms with E-state index in [0.717, 1.165) is 154 Å². The maximum atomic E-state index is 9.64. The van der Waals surface area contributed by atoms with Crippen molar-refractivity contribution in [2.75, 3.05) is 101 Å². The van der Waals surface area contributed by atoms with Gasteiger partial charge in [-0.1, -0.05) is 60.7 Å². The molecule has 6 N–H and O–H groups in total. The van der Waals surface area contributed by atoms with Gasteiger partial charge in [-0.2, -0.15) is 29.9 Å². The quantitative estimate of drug-likeness (QED) is 0.0579. The van der Waals surface area contributed by atoms with E-state index in [0.29, 0.717) is 28.5 Å². The fourth-order valence-electron chi connectivity index (χ4n) is 13.2. The summed E-state index contributed by atoms with van der Waals surface area (Å²) in [4.78, 5) is 69.7. The van der Waals surface area contributed by atoms with Gasteiger partial charge in [0.25, 0.3) is 0 Å². The number of H-pyrrole nitrogens is 1. The fraction of sp³-hybridized carbons (Fsp3) is 0.189. The lowest BCUT2D eigenvalue weighted by Gasteiger charge is -2.36. The molecule has 9 aromatic heterocycles. The van der Waals surface area contributed by atoms with E-state index in [4.69, 9.17) is 53.3 Å². The molecule has 5 aromatic carbocycles. The predicted molar refractivity (Wildman–Crippen MR) is 402 cm³/mol. The number of benzene rings is 5. The van der Waals surface area contributed by atoms with E-state index in [9.17, 15) is 5.11 Å². The lowest BCUT2D eigenvalue weighted by Crippen LogP contribution is -2.47. The van der Waals surface area contributed by atoms with Crippen molar-refractivity contribution in [2.24, 2.45) is 0 Å². The van der Waals surface area contributed by atoms with Crippen LogP contribution in [-0.2, 0) is 19.3 Å². The Hall–Kier alpha value is -11.9. The molecule has 0 aliphatic carbocycles. The summed E-state index contributed by atoms with van der Waals surface area (Å²) in [5, 5.41) is 39.6. The Labute approximate surface area is 602 Å². The first-order valence-corrected chi connectivity index (χ1v) is 34.5. The second-order valence-electron chi connectivity index (χ2n) is 24.6. The molecule has 29 heteroatoms. The van der Waals surface area contributed by atoms with E-state index in [1.165, 1.54) is 39.9 Å². The van der Waals surface area contributed by atoms with Crippen LogP contribution in [-0.4, -0.2) is 173 Å². The zero-order valence-electron chi connectivity index (χ0n) is 55.7. The van der Waals surface area contributed by atoms with Crippen molar-refractivity contribution in [3.63, 3.8) is 0 Å². The van der Waals surface area contributed by atoms with Gasteiger partial charge in [0.2, 0.25) is 16.5 Å². The second kappa shape index (κ2) is 30.5. The second-order valence-corrected chi connectivity index (χ2v) is 25.2. The third kappa shape index (κ3) is 14.7. The number of anilines is 9. The third-order valence-electron chi connectivity index (χ3n) is 18.3. The van der Waals surface area contributed by atoms with E-state index in [2.05, 4.69) is 145 Å². The first kappa shape index (κ1) is 67.0. The van der Waals surface area contributed by atoms with E-state index >= 15 is 0 Å². The van der Waals surface area contributed by atoms with Crippen molar-refractivity contribution in [3.05, 3.63) is 241 Å². The van der Waals surface area contributed by atoms with Gasteiger partial charge >= 0.3 is 7.12 Å². The largest absolute Gasteiger partial charge is 0.508 e. The number of hydrogen-bond donors (Lipinski definition) is 6. The van der Waals surface area contributed by atoms with Crippen LogP contribution in [0.4, 0.5) is 51.8 Å². The number of fused-ring (bicyclic) bond motifs is 6. The molecule has 2 saturated heterocycles. The van der Waals surface area contributed by atoms with Crippen molar-refractivity contribution < 1.29 is 20.3 Å². The summed E-state index contributed by atoms with van der Waals surface area (Å²) in [5.74, 6) is 3.70. The molecule has 103 heavy (non-hydrogen) atoms. The standard InChI is InChI=1S/C28H26N8O.C18H13ClN6.C13H10ClN5.C10H14N2O.C5H6BNO2/c37-23-9-7-21(8-10-23)33-14-16-34(17-15-33)28-31-26(35-13-11-20-4-1-2-6-24(20)35)25-27(32-28)36(19-30-25)22-5-3-12-29-18-22;19-18-22-16(24-9-7-12-4-1-2-6-14(12)24)15-17(23-18)25(11-21-15)13-5-3-8-20-10-13;14-13-17-11-10(15-7-16-11)12(18-13)19-6-5-8-3-1-2-4-9(8)19;13-10-3-1-9(2-4-10)12-7-5-11-6-8-12;8-6(9)5-2-1-3-7-4-5/h1-10,12,18-19,37H,11,13-17H2;1-6,8,10-11H,7,9H2;1-4,7H,5-6H2,(H,15,16,17,18);1-4,11,13H,5-8H2;1-4,8-9H. The minimum atomic E-state index is -1.40. The van der Waals surface area contributed by atoms with Gasteiger partial charge in [-0.25, -0.2) is 15.0 Å². The maximum Gasteiger partial charge on any atom is 0.490 e. The number of rotatable bonds is 9. The average Bonchev–Trinajstić information content (AvgIpc) is 1.73. The summed E-state index contributed by atoms with van der Waals surface area (Å²) in [5.41, 5.74) is 16.3. The van der Waals surface area contributed by atoms with Crippen molar-refractivity contribution >= 4 is 121 Å². The van der Waals surface area contributed by atoms with Crippen molar-refractivity contribution in [3.8, 4) is 22.9 Å². The van der Waals surface area contributed by atoms with Gasteiger partial charge in [0.1, 0.15) is 29.7 Å². The first-order valence-electron chi connectivity index (χ1n) is 33.7. The molecule has 2 fully saturated rings. The highest BCUT2D eigenvalue weighted by Crippen LogP contribution is 2.41. The van der Waals surface area contributed by atoms with Gasteiger partial charge < -0.3 is 60.0 Å². The lowest BCUT2D eigenvalue weighted by molar-refractivity contribution is 0.425. The molecule has 0 unspecified atom stereocenters. The Kier molecular flexibility index (Phi) is 19.9. The Morgan fingerprint density at radius 3 is 1.36 bits per heavy atom. The summed E-state index contributed by atoms with van der Waals surface area (Å²) in [6, 6.07) is 51.0. The number of imidazole rings is 3. The first-order chi connectivity index (χ1) is 50.5. The number of aromatic amines is 1. The molecule has 26 nitrogen and oxygen atoms in total. The molecule has 0 amide bonds. The minimum Gasteiger partial charge on any atom is -0.508 e. The molecular weight excluding hydrogens is 1340 g/mol. The van der Waals surface area contributed by atoms with E-state index in [1.54, 1.807) is 73.8 Å². The molecule has 5 aliphatic rings. The van der Waals surface area contributed by atoms with Crippen LogP contribution in [0, 0.1) is 0 Å². The highest BCUT2D eigenvalue weighted by atomic mass is 35.5. The van der Waals surface area contributed by atoms with Crippen LogP contribution < -0.4 is 40.2 Å². The normalized spacial score (nSPS) is 14.4. The summed E-state index contributed by atoms with van der Waals surface area (Å²) < 4.78 is 3.87. The van der Waals surface area contributed by atoms with Gasteiger partial charge in [-0.3, -0.25) is 24.1 Å². The summed E-state index contributed by atoms with van der Waals surface area (Å²) >= 11 is 12.2. The highest BCUT2D eigenvalue weighted by Gasteiger charge is 2.30. The maximum absolute atomic E-state index is 9.64. The summed E-state index contributed by atoms with van der Waals surface area (Å²) in [6.07, 6.45) is 18.2. The molecule has 14 heterocycles. The van der Waals surface area contributed by atoms with Crippen LogP contribution >= 0.6 is 23.2 Å². The van der Waals surface area contributed by atoms with Crippen molar-refractivity contribution in [2.45, 2.75) is 19.3 Å². The number of hydrogen-bond acceptors (Lipinski definition) is 23. The number of piperazine rings is 2. The van der Waals surface area contributed by atoms with Crippen molar-refractivity contribution in [1.82, 2.24) is 79.2 Å². The Morgan fingerprint density at radius 2 is 0.864 bits per heavy atom. The van der Waals surface area contributed by atoms with Gasteiger partial charge in [-0.05, 0) is 156 Å². The molecule has 0 bridgehead atoms. The number of aromatic hydroxyl groups is 2. The monoisotopic (exact) mass is 1410 g/mol. The fourth-order valence-corrected chi connectivity index (χ4v) is 13.5. The number of pyridine rings is 3. The molecular formula is C74H69BCl2N22O4. The number of para-hydroxylation sites is 3. The SMILES string of the molecule is Clc1nc(N2CCc3ccccc32)c2[nH]cnc2n1.Clc1nc(N2CCc3ccccc32)c2ncn(-c3cccnc3)c2n1.OB(O)c1cccnc1.Oc1ccc(N2CCN(c3nc(N4CCc5ccccc54)c4ncn(-c5cccnc5)c4n3)CC2)cc1.Oc1ccc(N2CCNCC2)cc1. The molecule has 0 atom stereocenters. The van der Waals surface area contributed by atoms with E-state index in [1.807, 2.05) is 82.3 Å². The zero-order valence-corrected chi connectivity index (χ0v) is 57.2. The van der Waals surface area contributed by atoms with Gasteiger partial charge in [0.05, 0.1) is 30.1 Å². The third-order valence-corrected chi connectivity index (χ3v) is 18.7. The van der Waals surface area contributed by atoms with Crippen LogP contribution in [0.15, 0.2) is 214 Å². The lowest BCUT2D eigenvalue weighted by atomic mass is 9.82. The van der Waals surface area contributed by atoms with E-state index < -0.39 is 7.12 Å².